The van der Waals surface area contributed by atoms with Gasteiger partial charge in [0.05, 0.1) is 0 Å². The molecule has 0 spiro atoms. The van der Waals surface area contributed by atoms with Crippen molar-refractivity contribution in [3.05, 3.63) is 22.7 Å². The number of nitrogens with zero attached hydrogens (tertiary/aromatic N) is 1. The standard InChI is InChI=1S/C5H4BBrFN/c6-4-1-3(7)2-9-5(4)8/h1-2H,6H2. The molecule has 4 heteroatoms. The molecule has 1 heterocycles. The van der Waals surface area contributed by atoms with E-state index >= 15 is 0 Å². The molecule has 0 aromatic carbocycles. The zero-order valence-corrected chi connectivity index (χ0v) is 6.44. The molecule has 1 rings (SSSR count). The van der Waals surface area contributed by atoms with Gasteiger partial charge in [0.2, 0.25) is 5.95 Å². The number of halogens is 2. The molecule has 1 aromatic heterocycles. The number of hydrogen-bond donors (Lipinski definition) is 0. The van der Waals surface area contributed by atoms with Crippen LogP contribution in [0.3, 0.4) is 0 Å². The van der Waals surface area contributed by atoms with Gasteiger partial charge in [-0.25, -0.2) is 4.98 Å². The Bertz CT molecular complexity index is 228. The van der Waals surface area contributed by atoms with Crippen molar-refractivity contribution in [1.29, 1.82) is 0 Å². The van der Waals surface area contributed by atoms with Crippen molar-refractivity contribution in [3.8, 4) is 0 Å². The van der Waals surface area contributed by atoms with E-state index < -0.39 is 5.95 Å². The first-order chi connectivity index (χ1) is 4.20. The fourth-order valence-electron chi connectivity index (χ4n) is 0.524. The molecule has 46 valence electrons. The summed E-state index contributed by atoms with van der Waals surface area (Å²) in [7, 11) is 1.67. The fraction of sp³-hybridized carbons (Fsp3) is 0. The first-order valence-electron chi connectivity index (χ1n) is 2.48. The summed E-state index contributed by atoms with van der Waals surface area (Å²) in [6.45, 7) is 0. The maximum Gasteiger partial charge on any atom is 0.206 e. The molecule has 0 radical (unpaired) electrons. The van der Waals surface area contributed by atoms with Crippen LogP contribution in [0, 0.1) is 5.95 Å². The molecular weight excluding hydrogens is 184 g/mol. The lowest BCUT2D eigenvalue weighted by Crippen LogP contribution is -2.09. The van der Waals surface area contributed by atoms with Crippen LogP contribution >= 0.6 is 15.9 Å². The Morgan fingerprint density at radius 1 is 1.67 bits per heavy atom. The second-order valence-electron chi connectivity index (χ2n) is 1.76. The number of pyridine rings is 1. The van der Waals surface area contributed by atoms with E-state index in [2.05, 4.69) is 20.9 Å². The lowest BCUT2D eigenvalue weighted by Gasteiger charge is -1.92. The summed E-state index contributed by atoms with van der Waals surface area (Å²) in [4.78, 5) is 3.46. The summed E-state index contributed by atoms with van der Waals surface area (Å²) in [5, 5.41) is 0. The first kappa shape index (κ1) is 6.74. The van der Waals surface area contributed by atoms with Crippen LogP contribution in [0.4, 0.5) is 4.39 Å². The van der Waals surface area contributed by atoms with Gasteiger partial charge in [0.1, 0.15) is 7.85 Å². The predicted molar refractivity (Wildman–Crippen MR) is 40.1 cm³/mol. The largest absolute Gasteiger partial charge is 0.228 e. The zero-order valence-electron chi connectivity index (χ0n) is 4.86. The minimum atomic E-state index is -0.404. The summed E-state index contributed by atoms with van der Waals surface area (Å²) in [5.41, 5.74) is 0.560. The van der Waals surface area contributed by atoms with Crippen LogP contribution in [0.25, 0.3) is 0 Å². The van der Waals surface area contributed by atoms with Crippen LogP contribution in [0.15, 0.2) is 16.7 Å². The number of hydrogen-bond acceptors (Lipinski definition) is 1. The second kappa shape index (κ2) is 2.48. The van der Waals surface area contributed by atoms with Crippen LogP contribution in [-0.2, 0) is 0 Å². The van der Waals surface area contributed by atoms with Gasteiger partial charge in [-0.05, 0) is 27.5 Å². The van der Waals surface area contributed by atoms with Crippen molar-refractivity contribution < 1.29 is 4.39 Å². The fourth-order valence-corrected chi connectivity index (χ4v) is 0.970. The highest BCUT2D eigenvalue weighted by atomic mass is 79.9. The quantitative estimate of drug-likeness (QED) is 0.419. The molecule has 0 aliphatic rings. The van der Waals surface area contributed by atoms with Gasteiger partial charge < -0.3 is 0 Å². The monoisotopic (exact) mass is 187 g/mol. The smallest absolute Gasteiger partial charge is 0.206 e. The lowest BCUT2D eigenvalue weighted by atomic mass is 9.99. The van der Waals surface area contributed by atoms with E-state index in [0.717, 1.165) is 4.47 Å². The molecule has 0 saturated carbocycles. The Labute approximate surface area is 61.8 Å². The molecule has 0 unspecified atom stereocenters. The van der Waals surface area contributed by atoms with E-state index in [1.54, 1.807) is 13.9 Å². The normalized spacial score (nSPS) is 9.56. The first-order valence-corrected chi connectivity index (χ1v) is 3.27. The molecule has 0 saturated heterocycles. The van der Waals surface area contributed by atoms with Crippen LogP contribution in [-0.4, -0.2) is 12.8 Å². The summed E-state index contributed by atoms with van der Waals surface area (Å²) in [5.74, 6) is -0.404. The van der Waals surface area contributed by atoms with E-state index in [1.807, 2.05) is 0 Å². The molecular formula is C5H4BBrFN. The molecule has 0 bridgehead atoms. The number of rotatable bonds is 0. The zero-order chi connectivity index (χ0) is 6.85. The predicted octanol–water partition coefficient (Wildman–Crippen LogP) is 0.242. The Morgan fingerprint density at radius 2 is 2.33 bits per heavy atom. The molecule has 9 heavy (non-hydrogen) atoms. The Balaban J connectivity index is 3.17. The van der Waals surface area contributed by atoms with E-state index in [1.165, 1.54) is 6.20 Å². The minimum absolute atomic E-state index is 0.404. The van der Waals surface area contributed by atoms with E-state index in [-0.39, 0.29) is 0 Å². The molecule has 1 aromatic rings. The van der Waals surface area contributed by atoms with Crippen LogP contribution in [0.1, 0.15) is 0 Å². The summed E-state index contributed by atoms with van der Waals surface area (Å²) >= 11 is 3.17. The molecule has 1 nitrogen and oxygen atoms in total. The highest BCUT2D eigenvalue weighted by Gasteiger charge is 1.95. The average molecular weight is 188 g/mol. The van der Waals surface area contributed by atoms with Crippen molar-refractivity contribution in [1.82, 2.24) is 4.98 Å². The van der Waals surface area contributed by atoms with Gasteiger partial charge >= 0.3 is 0 Å². The van der Waals surface area contributed by atoms with Gasteiger partial charge in [-0.1, -0.05) is 0 Å². The minimum Gasteiger partial charge on any atom is -0.228 e. The van der Waals surface area contributed by atoms with Gasteiger partial charge in [-0.2, -0.15) is 4.39 Å². The van der Waals surface area contributed by atoms with Crippen molar-refractivity contribution in [2.45, 2.75) is 0 Å². The third-order valence-corrected chi connectivity index (χ3v) is 1.41. The molecule has 0 N–H and O–H groups in total. The van der Waals surface area contributed by atoms with Gasteiger partial charge in [-0.3, -0.25) is 0 Å². The molecule has 0 aliphatic heterocycles. The van der Waals surface area contributed by atoms with Crippen molar-refractivity contribution in [3.63, 3.8) is 0 Å². The molecule has 0 fully saturated rings. The maximum absolute atomic E-state index is 12.4. The highest BCUT2D eigenvalue weighted by molar-refractivity contribution is 9.10. The molecule has 0 aliphatic carbocycles. The van der Waals surface area contributed by atoms with E-state index in [4.69, 9.17) is 0 Å². The summed E-state index contributed by atoms with van der Waals surface area (Å²) < 4.78 is 13.2. The Hall–Kier alpha value is -0.375. The van der Waals surface area contributed by atoms with E-state index in [0.29, 0.717) is 5.46 Å². The molecule has 0 amide bonds. The van der Waals surface area contributed by atoms with Gasteiger partial charge in [0.15, 0.2) is 0 Å². The van der Waals surface area contributed by atoms with Crippen LogP contribution in [0.5, 0.6) is 0 Å². The second-order valence-corrected chi connectivity index (χ2v) is 2.68. The van der Waals surface area contributed by atoms with Crippen LogP contribution in [0.2, 0.25) is 0 Å². The van der Waals surface area contributed by atoms with E-state index in [9.17, 15) is 4.39 Å². The highest BCUT2D eigenvalue weighted by Crippen LogP contribution is 2.03. The van der Waals surface area contributed by atoms with Crippen molar-refractivity contribution >= 4 is 29.2 Å². The van der Waals surface area contributed by atoms with Gasteiger partial charge in [0, 0.05) is 10.7 Å². The number of aromatic nitrogens is 1. The molecule has 0 atom stereocenters. The maximum atomic E-state index is 12.4. The average Bonchev–Trinajstić information content (AvgIpc) is 1.80. The summed E-state index contributed by atoms with van der Waals surface area (Å²) in [6, 6.07) is 1.68. The van der Waals surface area contributed by atoms with Crippen LogP contribution < -0.4 is 5.46 Å². The van der Waals surface area contributed by atoms with Gasteiger partial charge in [0.25, 0.3) is 0 Å². The lowest BCUT2D eigenvalue weighted by molar-refractivity contribution is 0.592. The van der Waals surface area contributed by atoms with Gasteiger partial charge in [-0.15, -0.1) is 0 Å². The third-order valence-electron chi connectivity index (χ3n) is 0.981. The third kappa shape index (κ3) is 1.51. The Morgan fingerprint density at radius 3 is 2.78 bits per heavy atom. The van der Waals surface area contributed by atoms with Crippen molar-refractivity contribution in [2.24, 2.45) is 0 Å². The Kier molecular flexibility index (Phi) is 1.85. The SMILES string of the molecule is Bc1cc(Br)cnc1F. The summed E-state index contributed by atoms with van der Waals surface area (Å²) in [6.07, 6.45) is 1.43. The van der Waals surface area contributed by atoms with Crippen molar-refractivity contribution in [2.75, 3.05) is 0 Å². The topological polar surface area (TPSA) is 12.9 Å².